The van der Waals surface area contributed by atoms with Crippen LogP contribution in [0.4, 0.5) is 0 Å². The van der Waals surface area contributed by atoms with Crippen LogP contribution in [0.3, 0.4) is 0 Å². The Kier molecular flexibility index (Phi) is 2.71. The van der Waals surface area contributed by atoms with E-state index in [4.69, 9.17) is 11.6 Å². The fraction of sp³-hybridized carbons (Fsp3) is 0.700. The van der Waals surface area contributed by atoms with E-state index in [2.05, 4.69) is 25.9 Å². The minimum absolute atomic E-state index is 0.0775. The van der Waals surface area contributed by atoms with Gasteiger partial charge in [-0.2, -0.15) is 5.10 Å². The van der Waals surface area contributed by atoms with E-state index in [-0.39, 0.29) is 5.41 Å². The third-order valence-electron chi connectivity index (χ3n) is 2.12. The van der Waals surface area contributed by atoms with Gasteiger partial charge in [0.05, 0.1) is 5.69 Å². The molecule has 0 radical (unpaired) electrons. The van der Waals surface area contributed by atoms with Crippen molar-refractivity contribution in [3.05, 3.63) is 16.4 Å². The minimum Gasteiger partial charge on any atom is -0.254 e. The predicted octanol–water partition coefficient (Wildman–Crippen LogP) is 3.16. The Morgan fingerprint density at radius 1 is 1.38 bits per heavy atom. The van der Waals surface area contributed by atoms with Crippen molar-refractivity contribution in [1.82, 2.24) is 9.78 Å². The fourth-order valence-corrected chi connectivity index (χ4v) is 1.70. The molecule has 0 N–H and O–H groups in total. The van der Waals surface area contributed by atoms with Crippen LogP contribution in [0.15, 0.2) is 0 Å². The van der Waals surface area contributed by atoms with Gasteiger partial charge < -0.3 is 0 Å². The van der Waals surface area contributed by atoms with Gasteiger partial charge in [-0.15, -0.1) is 0 Å². The number of hydrogen-bond acceptors (Lipinski definition) is 1. The minimum atomic E-state index is 0.0775. The summed E-state index contributed by atoms with van der Waals surface area (Å²) in [6.45, 7) is 11.4. The van der Waals surface area contributed by atoms with E-state index in [0.717, 1.165) is 23.0 Å². The molecule has 1 rings (SSSR count). The second-order valence-electron chi connectivity index (χ2n) is 4.33. The van der Waals surface area contributed by atoms with Crippen molar-refractivity contribution in [2.45, 2.75) is 46.6 Å². The Morgan fingerprint density at radius 3 is 2.15 bits per heavy atom. The van der Waals surface area contributed by atoms with Crippen molar-refractivity contribution in [2.24, 2.45) is 0 Å². The van der Waals surface area contributed by atoms with Gasteiger partial charge in [-0.05, 0) is 13.8 Å². The highest BCUT2D eigenvalue weighted by Crippen LogP contribution is 2.28. The summed E-state index contributed by atoms with van der Waals surface area (Å²) in [7, 11) is 0. The van der Waals surface area contributed by atoms with E-state index < -0.39 is 0 Å². The molecule has 74 valence electrons. The highest BCUT2D eigenvalue weighted by molar-refractivity contribution is 6.30. The van der Waals surface area contributed by atoms with Crippen LogP contribution < -0.4 is 0 Å². The van der Waals surface area contributed by atoms with Gasteiger partial charge in [0.2, 0.25) is 0 Å². The highest BCUT2D eigenvalue weighted by Gasteiger charge is 2.22. The molecule has 0 aliphatic rings. The molecule has 0 saturated carbocycles. The van der Waals surface area contributed by atoms with Gasteiger partial charge in [0.25, 0.3) is 0 Å². The van der Waals surface area contributed by atoms with Gasteiger partial charge in [-0.1, -0.05) is 32.4 Å². The summed E-state index contributed by atoms with van der Waals surface area (Å²) in [5, 5.41) is 5.25. The van der Waals surface area contributed by atoms with Crippen molar-refractivity contribution in [3.8, 4) is 0 Å². The summed E-state index contributed by atoms with van der Waals surface area (Å²) in [6.07, 6.45) is 0. The third-order valence-corrected chi connectivity index (χ3v) is 2.60. The Labute approximate surface area is 84.9 Å². The van der Waals surface area contributed by atoms with Crippen molar-refractivity contribution in [2.75, 3.05) is 0 Å². The normalized spacial score (nSPS) is 12.2. The van der Waals surface area contributed by atoms with E-state index in [1.165, 1.54) is 0 Å². The van der Waals surface area contributed by atoms with E-state index in [0.29, 0.717) is 0 Å². The van der Waals surface area contributed by atoms with Crippen LogP contribution in [0.1, 0.15) is 39.0 Å². The number of aryl methyl sites for hydroxylation is 1. The maximum absolute atomic E-state index is 6.12. The number of halogens is 1. The lowest BCUT2D eigenvalue weighted by Crippen LogP contribution is -2.14. The topological polar surface area (TPSA) is 17.8 Å². The molecule has 1 heterocycles. The van der Waals surface area contributed by atoms with Gasteiger partial charge in [0.15, 0.2) is 0 Å². The molecule has 0 bridgehead atoms. The molecular weight excluding hydrogens is 184 g/mol. The van der Waals surface area contributed by atoms with Crippen molar-refractivity contribution < 1.29 is 0 Å². The zero-order chi connectivity index (χ0) is 10.2. The quantitative estimate of drug-likeness (QED) is 0.681. The first-order chi connectivity index (χ1) is 5.88. The van der Waals surface area contributed by atoms with Gasteiger partial charge >= 0.3 is 0 Å². The first-order valence-corrected chi connectivity index (χ1v) is 4.99. The van der Waals surface area contributed by atoms with Gasteiger partial charge in [0.1, 0.15) is 5.15 Å². The summed E-state index contributed by atoms with van der Waals surface area (Å²) in [5.74, 6) is 0. The van der Waals surface area contributed by atoms with Crippen molar-refractivity contribution >= 4 is 11.6 Å². The molecule has 0 spiro atoms. The van der Waals surface area contributed by atoms with Crippen molar-refractivity contribution in [3.63, 3.8) is 0 Å². The van der Waals surface area contributed by atoms with Crippen LogP contribution in [0.5, 0.6) is 0 Å². The SMILES string of the molecule is CCn1nc(C(C)(C)C)c(C)c1Cl. The highest BCUT2D eigenvalue weighted by atomic mass is 35.5. The first-order valence-electron chi connectivity index (χ1n) is 4.61. The number of hydrogen-bond donors (Lipinski definition) is 0. The Bertz CT molecular complexity index is 307. The number of rotatable bonds is 1. The summed E-state index contributed by atoms with van der Waals surface area (Å²) >= 11 is 6.12. The average molecular weight is 201 g/mol. The Morgan fingerprint density at radius 2 is 1.92 bits per heavy atom. The molecule has 13 heavy (non-hydrogen) atoms. The van der Waals surface area contributed by atoms with Crippen LogP contribution >= 0.6 is 11.6 Å². The van der Waals surface area contributed by atoms with Crippen LogP contribution in [0.2, 0.25) is 5.15 Å². The lowest BCUT2D eigenvalue weighted by Gasteiger charge is -2.15. The molecule has 0 saturated heterocycles. The lowest BCUT2D eigenvalue weighted by molar-refractivity contribution is 0.539. The van der Waals surface area contributed by atoms with Crippen LogP contribution in [-0.2, 0) is 12.0 Å². The molecule has 2 nitrogen and oxygen atoms in total. The lowest BCUT2D eigenvalue weighted by atomic mass is 9.90. The zero-order valence-corrected chi connectivity index (χ0v) is 9.74. The van der Waals surface area contributed by atoms with Crippen molar-refractivity contribution in [1.29, 1.82) is 0 Å². The molecule has 3 heteroatoms. The van der Waals surface area contributed by atoms with E-state index in [1.807, 2.05) is 18.5 Å². The maximum atomic E-state index is 6.12. The number of nitrogens with zero attached hydrogens (tertiary/aromatic N) is 2. The first kappa shape index (κ1) is 10.6. The third kappa shape index (κ3) is 1.88. The molecule has 0 aliphatic heterocycles. The second kappa shape index (κ2) is 3.33. The fourth-order valence-electron chi connectivity index (χ4n) is 1.45. The average Bonchev–Trinajstić information content (AvgIpc) is 2.28. The van der Waals surface area contributed by atoms with E-state index in [1.54, 1.807) is 0 Å². The molecule has 0 aromatic carbocycles. The Balaban J connectivity index is 3.25. The molecule has 0 amide bonds. The molecule has 0 fully saturated rings. The summed E-state index contributed by atoms with van der Waals surface area (Å²) < 4.78 is 1.84. The standard InChI is InChI=1S/C10H17ClN2/c1-6-13-9(11)7(2)8(12-13)10(3,4)5/h6H2,1-5H3. The monoisotopic (exact) mass is 200 g/mol. The molecule has 0 unspecified atom stereocenters. The maximum Gasteiger partial charge on any atom is 0.130 e. The molecule has 1 aromatic rings. The van der Waals surface area contributed by atoms with Crippen LogP contribution in [0, 0.1) is 6.92 Å². The van der Waals surface area contributed by atoms with Gasteiger partial charge in [0, 0.05) is 17.5 Å². The molecular formula is C10H17ClN2. The molecule has 1 aromatic heterocycles. The van der Waals surface area contributed by atoms with E-state index >= 15 is 0 Å². The summed E-state index contributed by atoms with van der Waals surface area (Å²) in [6, 6.07) is 0. The van der Waals surface area contributed by atoms with Crippen LogP contribution in [0.25, 0.3) is 0 Å². The molecule has 0 aliphatic carbocycles. The van der Waals surface area contributed by atoms with Crippen LogP contribution in [-0.4, -0.2) is 9.78 Å². The van der Waals surface area contributed by atoms with Gasteiger partial charge in [-0.3, -0.25) is 4.68 Å². The second-order valence-corrected chi connectivity index (χ2v) is 4.69. The number of aromatic nitrogens is 2. The summed E-state index contributed by atoms with van der Waals surface area (Å²) in [5.41, 5.74) is 2.28. The predicted molar refractivity (Wildman–Crippen MR) is 56.3 cm³/mol. The summed E-state index contributed by atoms with van der Waals surface area (Å²) in [4.78, 5) is 0. The molecule has 0 atom stereocenters. The smallest absolute Gasteiger partial charge is 0.130 e. The zero-order valence-electron chi connectivity index (χ0n) is 8.98. The largest absolute Gasteiger partial charge is 0.254 e. The van der Waals surface area contributed by atoms with E-state index in [9.17, 15) is 0 Å². The Hall–Kier alpha value is -0.500. The van der Waals surface area contributed by atoms with Gasteiger partial charge in [-0.25, -0.2) is 0 Å².